The molecule has 0 aromatic carbocycles. The summed E-state index contributed by atoms with van der Waals surface area (Å²) in [6.07, 6.45) is 7.51. The highest BCUT2D eigenvalue weighted by Crippen LogP contribution is 2.40. The molecule has 1 aromatic heterocycles. The second-order valence-corrected chi connectivity index (χ2v) is 5.08. The summed E-state index contributed by atoms with van der Waals surface area (Å²) in [5, 5.41) is 9.44. The van der Waals surface area contributed by atoms with Crippen LogP contribution in [0.25, 0.3) is 0 Å². The van der Waals surface area contributed by atoms with E-state index in [0.29, 0.717) is 6.61 Å². The summed E-state index contributed by atoms with van der Waals surface area (Å²) in [5.74, 6) is 0. The largest absolute Gasteiger partial charge is 0.457 e. The van der Waals surface area contributed by atoms with Crippen LogP contribution in [-0.2, 0) is 6.42 Å². The Labute approximate surface area is 92.4 Å². The Kier molecular flexibility index (Phi) is 2.98. The van der Waals surface area contributed by atoms with Crippen LogP contribution in [0.2, 0.25) is 0 Å². The molecule has 2 nitrogen and oxygen atoms in total. The molecule has 14 heavy (non-hydrogen) atoms. The van der Waals surface area contributed by atoms with Crippen molar-refractivity contribution < 1.29 is 9.52 Å². The molecule has 0 atom stereocenters. The molecule has 0 radical (unpaired) electrons. The van der Waals surface area contributed by atoms with E-state index >= 15 is 0 Å². The van der Waals surface area contributed by atoms with Gasteiger partial charge in [0, 0.05) is 6.61 Å². The fourth-order valence-electron chi connectivity index (χ4n) is 2.39. The molecule has 0 unspecified atom stereocenters. The van der Waals surface area contributed by atoms with Gasteiger partial charge in [-0.15, -0.1) is 0 Å². The van der Waals surface area contributed by atoms with Crippen molar-refractivity contribution >= 4 is 15.9 Å². The van der Waals surface area contributed by atoms with Gasteiger partial charge >= 0.3 is 0 Å². The van der Waals surface area contributed by atoms with Crippen molar-refractivity contribution in [2.24, 2.45) is 5.41 Å². The van der Waals surface area contributed by atoms with Gasteiger partial charge in [0.25, 0.3) is 0 Å². The van der Waals surface area contributed by atoms with Crippen LogP contribution in [0, 0.1) is 5.41 Å². The van der Waals surface area contributed by atoms with Gasteiger partial charge in [-0.05, 0) is 52.2 Å². The summed E-state index contributed by atoms with van der Waals surface area (Å²) in [6.45, 7) is 0.301. The number of furan rings is 1. The van der Waals surface area contributed by atoms with E-state index in [2.05, 4.69) is 15.9 Å². The van der Waals surface area contributed by atoms with Crippen molar-refractivity contribution in [2.45, 2.75) is 32.1 Å². The Hall–Kier alpha value is -0.280. The Bertz CT molecular complexity index is 300. The lowest BCUT2D eigenvalue weighted by Crippen LogP contribution is -2.24. The van der Waals surface area contributed by atoms with Crippen LogP contribution in [0.3, 0.4) is 0 Å². The summed E-state index contributed by atoms with van der Waals surface area (Å²) >= 11 is 3.29. The Morgan fingerprint density at radius 1 is 1.43 bits per heavy atom. The first kappa shape index (κ1) is 10.2. The number of aliphatic hydroxyl groups excluding tert-OH is 1. The third kappa shape index (κ3) is 2.04. The maximum Gasteiger partial charge on any atom is 0.169 e. The van der Waals surface area contributed by atoms with Gasteiger partial charge in [0.2, 0.25) is 0 Å². The molecule has 0 spiro atoms. The number of aliphatic hydroxyl groups is 1. The highest BCUT2D eigenvalue weighted by atomic mass is 79.9. The number of hydrogen-bond donors (Lipinski definition) is 1. The molecule has 1 heterocycles. The van der Waals surface area contributed by atoms with Crippen LogP contribution in [0.15, 0.2) is 21.4 Å². The molecule has 0 aliphatic heterocycles. The molecular formula is C11H15BrO2. The minimum Gasteiger partial charge on any atom is -0.457 e. The molecule has 2 rings (SSSR count). The molecule has 3 heteroatoms. The average Bonchev–Trinajstić information content (AvgIpc) is 2.77. The molecule has 0 bridgehead atoms. The maximum absolute atomic E-state index is 9.44. The van der Waals surface area contributed by atoms with E-state index in [4.69, 9.17) is 4.42 Å². The predicted octanol–water partition coefficient (Wildman–Crippen LogP) is 3.14. The first-order valence-corrected chi connectivity index (χ1v) is 5.87. The molecule has 0 saturated heterocycles. The van der Waals surface area contributed by atoms with Gasteiger partial charge in [-0.1, -0.05) is 12.8 Å². The molecule has 0 amide bonds. The van der Waals surface area contributed by atoms with E-state index in [1.165, 1.54) is 18.4 Å². The molecule has 1 N–H and O–H groups in total. The monoisotopic (exact) mass is 258 g/mol. The lowest BCUT2D eigenvalue weighted by Gasteiger charge is -2.25. The second-order valence-electron chi connectivity index (χ2n) is 4.30. The fraction of sp³-hybridized carbons (Fsp3) is 0.636. The van der Waals surface area contributed by atoms with Crippen molar-refractivity contribution in [3.8, 4) is 0 Å². The summed E-state index contributed by atoms with van der Waals surface area (Å²) in [7, 11) is 0. The van der Waals surface area contributed by atoms with Gasteiger partial charge in [-0.2, -0.15) is 0 Å². The minimum atomic E-state index is 0.128. The Morgan fingerprint density at radius 3 is 2.64 bits per heavy atom. The summed E-state index contributed by atoms with van der Waals surface area (Å²) in [6, 6.07) is 2.00. The lowest BCUT2D eigenvalue weighted by atomic mass is 9.81. The zero-order valence-electron chi connectivity index (χ0n) is 8.13. The van der Waals surface area contributed by atoms with Crippen molar-refractivity contribution in [1.82, 2.24) is 0 Å². The molecule has 1 aromatic rings. The van der Waals surface area contributed by atoms with Gasteiger partial charge in [0.15, 0.2) is 4.67 Å². The molecular weight excluding hydrogens is 244 g/mol. The van der Waals surface area contributed by atoms with Crippen LogP contribution in [0.1, 0.15) is 31.2 Å². The van der Waals surface area contributed by atoms with E-state index in [-0.39, 0.29) is 5.41 Å². The third-order valence-electron chi connectivity index (χ3n) is 3.20. The van der Waals surface area contributed by atoms with Gasteiger partial charge in [0.05, 0.1) is 6.26 Å². The van der Waals surface area contributed by atoms with Crippen molar-refractivity contribution in [1.29, 1.82) is 0 Å². The van der Waals surface area contributed by atoms with Crippen LogP contribution in [-0.4, -0.2) is 11.7 Å². The lowest BCUT2D eigenvalue weighted by molar-refractivity contribution is 0.130. The summed E-state index contributed by atoms with van der Waals surface area (Å²) in [5.41, 5.74) is 1.32. The minimum absolute atomic E-state index is 0.128. The van der Waals surface area contributed by atoms with E-state index in [1.54, 1.807) is 6.26 Å². The van der Waals surface area contributed by atoms with E-state index < -0.39 is 0 Å². The topological polar surface area (TPSA) is 33.4 Å². The Morgan fingerprint density at radius 2 is 2.14 bits per heavy atom. The number of hydrogen-bond acceptors (Lipinski definition) is 2. The van der Waals surface area contributed by atoms with Crippen molar-refractivity contribution in [3.63, 3.8) is 0 Å². The first-order chi connectivity index (χ1) is 6.74. The highest BCUT2D eigenvalue weighted by molar-refractivity contribution is 9.10. The van der Waals surface area contributed by atoms with Gasteiger partial charge in [-0.25, -0.2) is 0 Å². The number of halogens is 1. The zero-order valence-corrected chi connectivity index (χ0v) is 9.72. The molecule has 1 saturated carbocycles. The predicted molar refractivity (Wildman–Crippen MR) is 58.1 cm³/mol. The van der Waals surface area contributed by atoms with Crippen molar-refractivity contribution in [3.05, 3.63) is 22.6 Å². The van der Waals surface area contributed by atoms with E-state index in [1.807, 2.05) is 6.07 Å². The van der Waals surface area contributed by atoms with E-state index in [9.17, 15) is 5.11 Å². The molecule has 78 valence electrons. The molecule has 1 fully saturated rings. The summed E-state index contributed by atoms with van der Waals surface area (Å²) in [4.78, 5) is 0. The zero-order chi connectivity index (χ0) is 10.0. The number of rotatable bonds is 3. The van der Waals surface area contributed by atoms with Gasteiger partial charge in [0.1, 0.15) is 0 Å². The smallest absolute Gasteiger partial charge is 0.169 e. The van der Waals surface area contributed by atoms with Crippen LogP contribution in [0.5, 0.6) is 0 Å². The first-order valence-electron chi connectivity index (χ1n) is 5.08. The molecule has 1 aliphatic rings. The van der Waals surface area contributed by atoms with Crippen LogP contribution >= 0.6 is 15.9 Å². The quantitative estimate of drug-likeness (QED) is 0.904. The van der Waals surface area contributed by atoms with Crippen LogP contribution < -0.4 is 0 Å². The maximum atomic E-state index is 9.44. The van der Waals surface area contributed by atoms with Crippen LogP contribution in [0.4, 0.5) is 0 Å². The normalized spacial score (nSPS) is 20.1. The highest BCUT2D eigenvalue weighted by Gasteiger charge is 2.33. The van der Waals surface area contributed by atoms with E-state index in [0.717, 1.165) is 23.9 Å². The fourth-order valence-corrected chi connectivity index (χ4v) is 2.77. The van der Waals surface area contributed by atoms with Gasteiger partial charge in [-0.3, -0.25) is 0 Å². The average molecular weight is 259 g/mol. The molecule has 1 aliphatic carbocycles. The van der Waals surface area contributed by atoms with Crippen molar-refractivity contribution in [2.75, 3.05) is 6.61 Å². The summed E-state index contributed by atoms with van der Waals surface area (Å²) < 4.78 is 5.98. The van der Waals surface area contributed by atoms with Gasteiger partial charge < -0.3 is 9.52 Å². The Balaban J connectivity index is 2.08. The SMILES string of the molecule is OCC1(Cc2coc(Br)c2)CCCC1. The third-order valence-corrected chi connectivity index (χ3v) is 3.62. The standard InChI is InChI=1S/C11H15BrO2/c12-10-5-9(7-14-10)6-11(8-13)3-1-2-4-11/h5,7,13H,1-4,6,8H2. The second kappa shape index (κ2) is 4.07.